The Balaban J connectivity index is 2.38. The highest BCUT2D eigenvalue weighted by Crippen LogP contribution is 2.34. The molecule has 0 aliphatic heterocycles. The van der Waals surface area contributed by atoms with E-state index in [1.54, 1.807) is 19.2 Å². The van der Waals surface area contributed by atoms with Crippen molar-refractivity contribution in [2.75, 3.05) is 12.8 Å². The minimum absolute atomic E-state index is 0.111. The number of hydrogen-bond acceptors (Lipinski definition) is 4. The molecule has 0 spiro atoms. The van der Waals surface area contributed by atoms with E-state index in [4.69, 9.17) is 15.2 Å². The number of phenolic OH excluding ortho intramolecular Hbond substituents is 1. The molecule has 0 radical (unpaired) electrons. The molecule has 0 aromatic heterocycles. The summed E-state index contributed by atoms with van der Waals surface area (Å²) in [6, 6.07) is 8.30. The summed E-state index contributed by atoms with van der Waals surface area (Å²) in [5.41, 5.74) is 8.41. The summed E-state index contributed by atoms with van der Waals surface area (Å²) in [6.07, 6.45) is 0. The predicted molar refractivity (Wildman–Crippen MR) is 75.1 cm³/mol. The molecule has 0 unspecified atom stereocenters. The van der Waals surface area contributed by atoms with Crippen LogP contribution in [0.4, 0.5) is 5.69 Å². The zero-order valence-electron chi connectivity index (χ0n) is 11.2. The second-order valence-electron chi connectivity index (χ2n) is 4.39. The summed E-state index contributed by atoms with van der Waals surface area (Å²) >= 11 is 0. The summed E-state index contributed by atoms with van der Waals surface area (Å²) in [5.74, 6) is 1.91. The van der Waals surface area contributed by atoms with Gasteiger partial charge < -0.3 is 20.3 Å². The highest BCUT2D eigenvalue weighted by atomic mass is 16.5. The number of anilines is 1. The first-order chi connectivity index (χ1) is 9.01. The van der Waals surface area contributed by atoms with Gasteiger partial charge in [0.15, 0.2) is 5.75 Å². The molecule has 19 heavy (non-hydrogen) atoms. The quantitative estimate of drug-likeness (QED) is 0.655. The molecule has 0 fully saturated rings. The fourth-order valence-corrected chi connectivity index (χ4v) is 1.80. The molecule has 0 saturated carbocycles. The smallest absolute Gasteiger partial charge is 0.153 e. The number of benzene rings is 2. The van der Waals surface area contributed by atoms with Gasteiger partial charge >= 0.3 is 0 Å². The average Bonchev–Trinajstić information content (AvgIpc) is 2.38. The number of aryl methyl sites for hydroxylation is 1. The van der Waals surface area contributed by atoms with Gasteiger partial charge in [0, 0.05) is 12.1 Å². The molecule has 4 nitrogen and oxygen atoms in total. The Labute approximate surface area is 112 Å². The molecular weight excluding hydrogens is 242 g/mol. The van der Waals surface area contributed by atoms with Crippen molar-refractivity contribution in [3.8, 4) is 23.0 Å². The number of phenols is 1. The standard InChI is InChI=1S/C15H17NO3/c1-9-6-12(8-14(18-3)10(9)2)19-15-7-11(17)4-5-13(15)16/h4-8,17H,16H2,1-3H3. The maximum atomic E-state index is 9.45. The fraction of sp³-hybridized carbons (Fsp3) is 0.200. The molecule has 4 heteroatoms. The molecular formula is C15H17NO3. The largest absolute Gasteiger partial charge is 0.508 e. The number of nitrogens with two attached hydrogens (primary N) is 1. The fourth-order valence-electron chi connectivity index (χ4n) is 1.80. The van der Waals surface area contributed by atoms with Crippen LogP contribution in [-0.4, -0.2) is 12.2 Å². The molecule has 0 aliphatic carbocycles. The van der Waals surface area contributed by atoms with Gasteiger partial charge in [-0.15, -0.1) is 0 Å². The number of methoxy groups -OCH3 is 1. The van der Waals surface area contributed by atoms with E-state index in [0.29, 0.717) is 17.2 Å². The van der Waals surface area contributed by atoms with Crippen molar-refractivity contribution < 1.29 is 14.6 Å². The van der Waals surface area contributed by atoms with Crippen LogP contribution < -0.4 is 15.2 Å². The number of aromatic hydroxyl groups is 1. The summed E-state index contributed by atoms with van der Waals surface area (Å²) in [4.78, 5) is 0. The van der Waals surface area contributed by atoms with Gasteiger partial charge in [0.1, 0.15) is 17.2 Å². The van der Waals surface area contributed by atoms with Gasteiger partial charge in [-0.2, -0.15) is 0 Å². The molecule has 0 atom stereocenters. The molecule has 0 saturated heterocycles. The van der Waals surface area contributed by atoms with E-state index in [0.717, 1.165) is 16.9 Å². The first-order valence-corrected chi connectivity index (χ1v) is 5.93. The minimum Gasteiger partial charge on any atom is -0.508 e. The molecule has 0 aliphatic rings. The molecule has 0 bridgehead atoms. The summed E-state index contributed by atoms with van der Waals surface area (Å²) in [5, 5.41) is 9.45. The maximum absolute atomic E-state index is 9.45. The van der Waals surface area contributed by atoms with E-state index in [9.17, 15) is 5.11 Å². The summed E-state index contributed by atoms with van der Waals surface area (Å²) < 4.78 is 11.0. The Kier molecular flexibility index (Phi) is 3.51. The Bertz CT molecular complexity index is 609. The van der Waals surface area contributed by atoms with Gasteiger partial charge in [0.05, 0.1) is 12.8 Å². The second kappa shape index (κ2) is 5.10. The first-order valence-electron chi connectivity index (χ1n) is 5.93. The van der Waals surface area contributed by atoms with Crippen LogP contribution in [-0.2, 0) is 0 Å². The Morgan fingerprint density at radius 1 is 1.05 bits per heavy atom. The molecule has 100 valence electrons. The van der Waals surface area contributed by atoms with E-state index in [-0.39, 0.29) is 5.75 Å². The van der Waals surface area contributed by atoms with Crippen molar-refractivity contribution in [2.24, 2.45) is 0 Å². The van der Waals surface area contributed by atoms with E-state index in [2.05, 4.69) is 0 Å². The van der Waals surface area contributed by atoms with Crippen molar-refractivity contribution in [1.82, 2.24) is 0 Å². The molecule has 3 N–H and O–H groups in total. The number of ether oxygens (including phenoxy) is 2. The van der Waals surface area contributed by atoms with E-state index >= 15 is 0 Å². The van der Waals surface area contributed by atoms with E-state index < -0.39 is 0 Å². The highest BCUT2D eigenvalue weighted by molar-refractivity contribution is 5.57. The van der Waals surface area contributed by atoms with Crippen molar-refractivity contribution >= 4 is 5.69 Å². The van der Waals surface area contributed by atoms with E-state index in [1.807, 2.05) is 19.9 Å². The van der Waals surface area contributed by atoms with Crippen LogP contribution in [0.3, 0.4) is 0 Å². The van der Waals surface area contributed by atoms with Crippen molar-refractivity contribution in [3.05, 3.63) is 41.5 Å². The maximum Gasteiger partial charge on any atom is 0.153 e. The minimum atomic E-state index is 0.111. The highest BCUT2D eigenvalue weighted by Gasteiger charge is 2.08. The second-order valence-corrected chi connectivity index (χ2v) is 4.39. The van der Waals surface area contributed by atoms with Crippen LogP contribution in [0.15, 0.2) is 30.3 Å². The lowest BCUT2D eigenvalue weighted by Crippen LogP contribution is -1.95. The molecule has 2 aromatic rings. The van der Waals surface area contributed by atoms with Gasteiger partial charge in [0.25, 0.3) is 0 Å². The van der Waals surface area contributed by atoms with Gasteiger partial charge in [-0.1, -0.05) is 0 Å². The van der Waals surface area contributed by atoms with Gasteiger partial charge in [0.2, 0.25) is 0 Å². The molecule has 0 heterocycles. The van der Waals surface area contributed by atoms with E-state index in [1.165, 1.54) is 12.1 Å². The van der Waals surface area contributed by atoms with Gasteiger partial charge in [-0.05, 0) is 43.2 Å². The Morgan fingerprint density at radius 2 is 1.79 bits per heavy atom. The van der Waals surface area contributed by atoms with Crippen LogP contribution in [0.25, 0.3) is 0 Å². The average molecular weight is 259 g/mol. The molecule has 2 aromatic carbocycles. The van der Waals surface area contributed by atoms with Gasteiger partial charge in [-0.3, -0.25) is 0 Å². The van der Waals surface area contributed by atoms with Crippen LogP contribution in [0.2, 0.25) is 0 Å². The van der Waals surface area contributed by atoms with Gasteiger partial charge in [-0.25, -0.2) is 0 Å². The van der Waals surface area contributed by atoms with Crippen LogP contribution in [0.1, 0.15) is 11.1 Å². The first kappa shape index (κ1) is 13.1. The third-order valence-electron chi connectivity index (χ3n) is 3.04. The lowest BCUT2D eigenvalue weighted by molar-refractivity contribution is 0.405. The van der Waals surface area contributed by atoms with Crippen molar-refractivity contribution in [3.63, 3.8) is 0 Å². The third kappa shape index (κ3) is 2.73. The number of hydrogen-bond donors (Lipinski definition) is 2. The number of rotatable bonds is 3. The Morgan fingerprint density at radius 3 is 2.47 bits per heavy atom. The zero-order valence-corrected chi connectivity index (χ0v) is 11.2. The van der Waals surface area contributed by atoms with Crippen LogP contribution in [0.5, 0.6) is 23.0 Å². The lowest BCUT2D eigenvalue weighted by Gasteiger charge is -2.13. The topological polar surface area (TPSA) is 64.7 Å². The van der Waals surface area contributed by atoms with Crippen LogP contribution in [0, 0.1) is 13.8 Å². The predicted octanol–water partition coefficient (Wildman–Crippen LogP) is 3.39. The SMILES string of the molecule is COc1cc(Oc2cc(O)ccc2N)cc(C)c1C. The number of nitrogen functional groups attached to an aromatic ring is 1. The molecule has 0 amide bonds. The third-order valence-corrected chi connectivity index (χ3v) is 3.04. The van der Waals surface area contributed by atoms with Crippen molar-refractivity contribution in [1.29, 1.82) is 0 Å². The summed E-state index contributed by atoms with van der Waals surface area (Å²) in [7, 11) is 1.62. The molecule has 2 rings (SSSR count). The normalized spacial score (nSPS) is 10.3. The summed E-state index contributed by atoms with van der Waals surface area (Å²) in [6.45, 7) is 3.97. The zero-order chi connectivity index (χ0) is 14.0. The lowest BCUT2D eigenvalue weighted by atomic mass is 10.1. The monoisotopic (exact) mass is 259 g/mol. The van der Waals surface area contributed by atoms with Crippen molar-refractivity contribution in [2.45, 2.75) is 13.8 Å². The van der Waals surface area contributed by atoms with Crippen LogP contribution >= 0.6 is 0 Å². The Hall–Kier alpha value is -2.36.